The largest absolute Gasteiger partial charge is 0.326 e. The summed E-state index contributed by atoms with van der Waals surface area (Å²) < 4.78 is 0. The zero-order chi connectivity index (χ0) is 16.2. The number of amides is 1. The molecular weight excluding hydrogens is 286 g/mol. The van der Waals surface area contributed by atoms with Gasteiger partial charge in [-0.25, -0.2) is 0 Å². The van der Waals surface area contributed by atoms with Gasteiger partial charge in [-0.05, 0) is 47.9 Å². The Hall–Kier alpha value is -2.17. The Kier molecular flexibility index (Phi) is 4.74. The monoisotopic (exact) mass is 309 g/mol. The summed E-state index contributed by atoms with van der Waals surface area (Å²) in [4.78, 5) is 14.9. The lowest BCUT2D eigenvalue weighted by molar-refractivity contribution is 0.102. The molecule has 0 radical (unpaired) electrons. The fourth-order valence-electron chi connectivity index (χ4n) is 3.07. The van der Waals surface area contributed by atoms with Crippen molar-refractivity contribution >= 4 is 11.6 Å². The van der Waals surface area contributed by atoms with Crippen molar-refractivity contribution in [1.82, 2.24) is 4.90 Å². The molecule has 23 heavy (non-hydrogen) atoms. The van der Waals surface area contributed by atoms with Crippen molar-refractivity contribution in [2.45, 2.75) is 33.0 Å². The van der Waals surface area contributed by atoms with Crippen LogP contribution in [0.1, 0.15) is 40.4 Å². The zero-order valence-electron chi connectivity index (χ0n) is 13.5. The van der Waals surface area contributed by atoms with Gasteiger partial charge in [-0.2, -0.15) is 0 Å². The van der Waals surface area contributed by atoms with Crippen LogP contribution in [0.5, 0.6) is 0 Å². The first-order valence-electron chi connectivity index (χ1n) is 8.14. The molecule has 0 saturated heterocycles. The molecule has 2 aromatic rings. The molecule has 1 aliphatic heterocycles. The highest BCUT2D eigenvalue weighted by Gasteiger charge is 2.21. The molecule has 0 aliphatic carbocycles. The number of fused-ring (bicyclic) bond motifs is 1. The highest BCUT2D eigenvalue weighted by molar-refractivity contribution is 6.04. The third-order valence-electron chi connectivity index (χ3n) is 4.29. The smallest absolute Gasteiger partial charge is 0.255 e. The van der Waals surface area contributed by atoms with Gasteiger partial charge >= 0.3 is 0 Å². The number of nitrogens with one attached hydrogen (secondary N) is 1. The van der Waals surface area contributed by atoms with Gasteiger partial charge in [0.25, 0.3) is 5.91 Å². The number of carbonyl (C=O) groups excluding carboxylic acids is 1. The number of rotatable bonds is 5. The van der Waals surface area contributed by atoms with Crippen molar-refractivity contribution in [3.05, 3.63) is 64.7 Å². The molecule has 0 spiro atoms. The number of anilines is 1. The van der Waals surface area contributed by atoms with E-state index in [0.717, 1.165) is 37.3 Å². The Balaban J connectivity index is 1.76. The summed E-state index contributed by atoms with van der Waals surface area (Å²) in [5.41, 5.74) is 10.8. The van der Waals surface area contributed by atoms with Crippen LogP contribution in [0.15, 0.2) is 42.5 Å². The van der Waals surface area contributed by atoms with Crippen LogP contribution in [0, 0.1) is 0 Å². The van der Waals surface area contributed by atoms with Gasteiger partial charge in [0, 0.05) is 30.9 Å². The number of nitrogens with zero attached hydrogens (tertiary/aromatic N) is 1. The van der Waals surface area contributed by atoms with E-state index >= 15 is 0 Å². The van der Waals surface area contributed by atoms with E-state index in [1.807, 2.05) is 36.4 Å². The van der Waals surface area contributed by atoms with E-state index in [2.05, 4.69) is 23.2 Å². The van der Waals surface area contributed by atoms with Gasteiger partial charge in [-0.15, -0.1) is 0 Å². The van der Waals surface area contributed by atoms with Gasteiger partial charge in [0.05, 0.1) is 0 Å². The van der Waals surface area contributed by atoms with Crippen molar-refractivity contribution in [3.63, 3.8) is 0 Å². The van der Waals surface area contributed by atoms with Crippen LogP contribution in [0.4, 0.5) is 5.69 Å². The van der Waals surface area contributed by atoms with Crippen molar-refractivity contribution < 1.29 is 4.79 Å². The minimum absolute atomic E-state index is 0.0732. The standard InChI is InChI=1S/C19H23N3O/c1-2-10-22-12-16-4-3-5-18(17(16)13-22)21-19(23)15-8-6-14(11-20)7-9-15/h3-9H,2,10-13,20H2,1H3,(H,21,23). The molecule has 1 aliphatic rings. The summed E-state index contributed by atoms with van der Waals surface area (Å²) in [6.07, 6.45) is 1.14. The van der Waals surface area contributed by atoms with Gasteiger partial charge in [-0.3, -0.25) is 9.69 Å². The maximum atomic E-state index is 12.5. The molecule has 120 valence electrons. The summed E-state index contributed by atoms with van der Waals surface area (Å²) in [6, 6.07) is 13.6. The average Bonchev–Trinajstić information content (AvgIpc) is 2.99. The van der Waals surface area contributed by atoms with Crippen molar-refractivity contribution in [2.24, 2.45) is 5.73 Å². The second kappa shape index (κ2) is 6.94. The third kappa shape index (κ3) is 3.44. The summed E-state index contributed by atoms with van der Waals surface area (Å²) in [5, 5.41) is 3.06. The van der Waals surface area contributed by atoms with Crippen LogP contribution in [-0.2, 0) is 19.6 Å². The molecular formula is C19H23N3O. The van der Waals surface area contributed by atoms with Gasteiger partial charge in [-0.1, -0.05) is 31.2 Å². The van der Waals surface area contributed by atoms with E-state index in [1.165, 1.54) is 11.1 Å². The number of hydrogen-bond acceptors (Lipinski definition) is 3. The quantitative estimate of drug-likeness (QED) is 0.892. The second-order valence-corrected chi connectivity index (χ2v) is 6.01. The molecule has 0 aromatic heterocycles. The van der Waals surface area contributed by atoms with Crippen molar-refractivity contribution in [1.29, 1.82) is 0 Å². The number of carbonyl (C=O) groups is 1. The number of hydrogen-bond donors (Lipinski definition) is 2. The fraction of sp³-hybridized carbons (Fsp3) is 0.316. The maximum Gasteiger partial charge on any atom is 0.255 e. The maximum absolute atomic E-state index is 12.5. The summed E-state index contributed by atoms with van der Waals surface area (Å²) in [5.74, 6) is -0.0732. The van der Waals surface area contributed by atoms with E-state index in [0.29, 0.717) is 12.1 Å². The molecule has 3 rings (SSSR count). The van der Waals surface area contributed by atoms with E-state index in [1.54, 1.807) is 0 Å². The molecule has 0 fully saturated rings. The first kappa shape index (κ1) is 15.7. The van der Waals surface area contributed by atoms with Gasteiger partial charge in [0.1, 0.15) is 0 Å². The topological polar surface area (TPSA) is 58.4 Å². The molecule has 4 heteroatoms. The lowest BCUT2D eigenvalue weighted by Crippen LogP contribution is -2.17. The Morgan fingerprint density at radius 3 is 2.65 bits per heavy atom. The number of nitrogens with two attached hydrogens (primary N) is 1. The van der Waals surface area contributed by atoms with Crippen LogP contribution in [-0.4, -0.2) is 17.4 Å². The minimum atomic E-state index is -0.0732. The Labute approximate surface area is 137 Å². The highest BCUT2D eigenvalue weighted by Crippen LogP contribution is 2.29. The van der Waals surface area contributed by atoms with Crippen LogP contribution in [0.2, 0.25) is 0 Å². The molecule has 0 saturated carbocycles. The first-order valence-corrected chi connectivity index (χ1v) is 8.14. The van der Waals surface area contributed by atoms with Gasteiger partial charge in [0.2, 0.25) is 0 Å². The van der Waals surface area contributed by atoms with E-state index < -0.39 is 0 Å². The average molecular weight is 309 g/mol. The lowest BCUT2D eigenvalue weighted by Gasteiger charge is -2.13. The molecule has 0 bridgehead atoms. The SMILES string of the molecule is CCCN1Cc2cccc(NC(=O)c3ccc(CN)cc3)c2C1. The normalized spacial score (nSPS) is 13.8. The van der Waals surface area contributed by atoms with E-state index in [-0.39, 0.29) is 5.91 Å². The van der Waals surface area contributed by atoms with Crippen LogP contribution >= 0.6 is 0 Å². The zero-order valence-corrected chi connectivity index (χ0v) is 13.5. The summed E-state index contributed by atoms with van der Waals surface area (Å²) in [6.45, 7) is 5.64. The summed E-state index contributed by atoms with van der Waals surface area (Å²) in [7, 11) is 0. The molecule has 4 nitrogen and oxygen atoms in total. The first-order chi connectivity index (χ1) is 11.2. The fourth-order valence-corrected chi connectivity index (χ4v) is 3.07. The van der Waals surface area contributed by atoms with Gasteiger partial charge in [0.15, 0.2) is 0 Å². The van der Waals surface area contributed by atoms with Crippen LogP contribution < -0.4 is 11.1 Å². The van der Waals surface area contributed by atoms with Crippen LogP contribution in [0.3, 0.4) is 0 Å². The van der Waals surface area contributed by atoms with E-state index in [9.17, 15) is 4.79 Å². The minimum Gasteiger partial charge on any atom is -0.326 e. The molecule has 0 atom stereocenters. The Morgan fingerprint density at radius 2 is 1.96 bits per heavy atom. The number of benzene rings is 2. The Morgan fingerprint density at radius 1 is 1.17 bits per heavy atom. The molecule has 3 N–H and O–H groups in total. The summed E-state index contributed by atoms with van der Waals surface area (Å²) >= 11 is 0. The van der Waals surface area contributed by atoms with E-state index in [4.69, 9.17) is 5.73 Å². The van der Waals surface area contributed by atoms with Crippen molar-refractivity contribution in [2.75, 3.05) is 11.9 Å². The Bertz CT molecular complexity index is 694. The third-order valence-corrected chi connectivity index (χ3v) is 4.29. The molecule has 1 heterocycles. The predicted molar refractivity (Wildman–Crippen MR) is 93.1 cm³/mol. The lowest BCUT2D eigenvalue weighted by atomic mass is 10.1. The van der Waals surface area contributed by atoms with Gasteiger partial charge < -0.3 is 11.1 Å². The highest BCUT2D eigenvalue weighted by atomic mass is 16.1. The van der Waals surface area contributed by atoms with Crippen molar-refractivity contribution in [3.8, 4) is 0 Å². The molecule has 0 unspecified atom stereocenters. The second-order valence-electron chi connectivity index (χ2n) is 6.01. The molecule has 2 aromatic carbocycles. The van der Waals surface area contributed by atoms with Crippen LogP contribution in [0.25, 0.3) is 0 Å². The molecule has 1 amide bonds. The predicted octanol–water partition coefficient (Wildman–Crippen LogP) is 3.12.